The molecule has 2 rings (SSSR count). The Morgan fingerprint density at radius 3 is 2.67 bits per heavy atom. The molecule has 0 spiro atoms. The van der Waals surface area contributed by atoms with Crippen molar-refractivity contribution in [3.05, 3.63) is 11.7 Å². The standard InChI is InChI=1S/C14H25N3O/c1-10(2)5-6-12-16-13(18-17-12)14(11(3)4)7-8-15-9-14/h10-11,15H,5-9H2,1-4H3. The lowest BCUT2D eigenvalue weighted by molar-refractivity contribution is 0.234. The maximum atomic E-state index is 5.54. The van der Waals surface area contributed by atoms with E-state index in [0.29, 0.717) is 11.8 Å². The highest BCUT2D eigenvalue weighted by Crippen LogP contribution is 2.36. The maximum absolute atomic E-state index is 5.54. The van der Waals surface area contributed by atoms with Crippen LogP contribution in [0.2, 0.25) is 0 Å². The van der Waals surface area contributed by atoms with Crippen molar-refractivity contribution in [2.75, 3.05) is 13.1 Å². The van der Waals surface area contributed by atoms with Gasteiger partial charge >= 0.3 is 0 Å². The van der Waals surface area contributed by atoms with E-state index in [2.05, 4.69) is 43.2 Å². The fraction of sp³-hybridized carbons (Fsp3) is 0.857. The summed E-state index contributed by atoms with van der Waals surface area (Å²) in [6, 6.07) is 0. The van der Waals surface area contributed by atoms with Crippen LogP contribution in [0.1, 0.15) is 52.3 Å². The molecule has 1 unspecified atom stereocenters. The minimum Gasteiger partial charge on any atom is -0.339 e. The second kappa shape index (κ2) is 5.39. The number of nitrogens with zero attached hydrogens (tertiary/aromatic N) is 2. The number of hydrogen-bond donors (Lipinski definition) is 1. The molecule has 0 aromatic carbocycles. The molecule has 1 aliphatic heterocycles. The second-order valence-corrected chi connectivity index (χ2v) is 6.19. The third-order valence-electron chi connectivity index (χ3n) is 4.13. The maximum Gasteiger partial charge on any atom is 0.234 e. The van der Waals surface area contributed by atoms with Gasteiger partial charge in [0.25, 0.3) is 0 Å². The van der Waals surface area contributed by atoms with Gasteiger partial charge in [-0.15, -0.1) is 0 Å². The van der Waals surface area contributed by atoms with Gasteiger partial charge in [-0.2, -0.15) is 4.98 Å². The van der Waals surface area contributed by atoms with Gasteiger partial charge in [-0.05, 0) is 31.2 Å². The Labute approximate surface area is 110 Å². The molecule has 0 bridgehead atoms. The largest absolute Gasteiger partial charge is 0.339 e. The third-order valence-corrected chi connectivity index (χ3v) is 4.13. The van der Waals surface area contributed by atoms with Gasteiger partial charge in [0, 0.05) is 13.0 Å². The van der Waals surface area contributed by atoms with Crippen LogP contribution in [0.3, 0.4) is 0 Å². The Hall–Kier alpha value is -0.900. The summed E-state index contributed by atoms with van der Waals surface area (Å²) >= 11 is 0. The van der Waals surface area contributed by atoms with Gasteiger partial charge in [0.2, 0.25) is 5.89 Å². The zero-order chi connectivity index (χ0) is 13.2. The van der Waals surface area contributed by atoms with Crippen LogP contribution in [0, 0.1) is 11.8 Å². The van der Waals surface area contributed by atoms with Crippen molar-refractivity contribution in [2.45, 2.75) is 52.4 Å². The molecule has 4 nitrogen and oxygen atoms in total. The minimum absolute atomic E-state index is 0.0447. The normalized spacial score (nSPS) is 24.3. The first kappa shape index (κ1) is 13.5. The summed E-state index contributed by atoms with van der Waals surface area (Å²) in [6.45, 7) is 10.9. The van der Waals surface area contributed by atoms with Gasteiger partial charge in [0.05, 0.1) is 5.41 Å². The molecule has 2 heterocycles. The zero-order valence-corrected chi connectivity index (χ0v) is 12.0. The fourth-order valence-electron chi connectivity index (χ4n) is 2.61. The summed E-state index contributed by atoms with van der Waals surface area (Å²) < 4.78 is 5.54. The van der Waals surface area contributed by atoms with Crippen molar-refractivity contribution in [3.8, 4) is 0 Å². The van der Waals surface area contributed by atoms with E-state index in [1.54, 1.807) is 0 Å². The third kappa shape index (κ3) is 2.58. The fourth-order valence-corrected chi connectivity index (χ4v) is 2.61. The molecule has 1 fully saturated rings. The topological polar surface area (TPSA) is 51.0 Å². The van der Waals surface area contributed by atoms with E-state index in [0.717, 1.165) is 44.1 Å². The van der Waals surface area contributed by atoms with E-state index in [4.69, 9.17) is 4.52 Å². The number of rotatable bonds is 5. The van der Waals surface area contributed by atoms with E-state index < -0.39 is 0 Å². The quantitative estimate of drug-likeness (QED) is 0.873. The molecule has 1 saturated heterocycles. The van der Waals surface area contributed by atoms with Crippen LogP contribution >= 0.6 is 0 Å². The van der Waals surface area contributed by atoms with E-state index in [9.17, 15) is 0 Å². The average molecular weight is 251 g/mol. The Balaban J connectivity index is 2.12. The highest BCUT2D eigenvalue weighted by Gasteiger charge is 2.43. The minimum atomic E-state index is 0.0447. The molecule has 1 aromatic rings. The van der Waals surface area contributed by atoms with Crippen LogP contribution in [0.4, 0.5) is 0 Å². The molecular weight excluding hydrogens is 226 g/mol. The molecule has 1 atom stereocenters. The molecule has 102 valence electrons. The molecule has 4 heteroatoms. The zero-order valence-electron chi connectivity index (χ0n) is 12.0. The molecule has 1 aliphatic rings. The van der Waals surface area contributed by atoms with Crippen molar-refractivity contribution < 1.29 is 4.52 Å². The van der Waals surface area contributed by atoms with Crippen molar-refractivity contribution >= 4 is 0 Å². The monoisotopic (exact) mass is 251 g/mol. The molecule has 1 aromatic heterocycles. The van der Waals surface area contributed by atoms with Crippen molar-refractivity contribution in [3.63, 3.8) is 0 Å². The molecular formula is C14H25N3O. The number of aryl methyl sites for hydroxylation is 1. The lowest BCUT2D eigenvalue weighted by Crippen LogP contribution is -2.35. The number of hydrogen-bond acceptors (Lipinski definition) is 4. The molecule has 0 amide bonds. The smallest absolute Gasteiger partial charge is 0.234 e. The SMILES string of the molecule is CC(C)CCc1noc(C2(C(C)C)CCNC2)n1. The van der Waals surface area contributed by atoms with Gasteiger partial charge in [-0.1, -0.05) is 32.9 Å². The van der Waals surface area contributed by atoms with Gasteiger partial charge < -0.3 is 9.84 Å². The summed E-state index contributed by atoms with van der Waals surface area (Å²) in [4.78, 5) is 4.64. The van der Waals surface area contributed by atoms with Crippen LogP contribution in [-0.4, -0.2) is 23.2 Å². The van der Waals surface area contributed by atoms with Gasteiger partial charge in [-0.3, -0.25) is 0 Å². The summed E-state index contributed by atoms with van der Waals surface area (Å²) in [7, 11) is 0. The highest BCUT2D eigenvalue weighted by atomic mass is 16.5. The van der Waals surface area contributed by atoms with Gasteiger partial charge in [-0.25, -0.2) is 0 Å². The molecule has 0 aliphatic carbocycles. The van der Waals surface area contributed by atoms with E-state index in [1.165, 1.54) is 0 Å². The van der Waals surface area contributed by atoms with Crippen molar-refractivity contribution in [2.24, 2.45) is 11.8 Å². The second-order valence-electron chi connectivity index (χ2n) is 6.19. The first-order valence-corrected chi connectivity index (χ1v) is 7.08. The Morgan fingerprint density at radius 2 is 2.11 bits per heavy atom. The summed E-state index contributed by atoms with van der Waals surface area (Å²) in [5.74, 6) is 2.90. The molecule has 1 N–H and O–H groups in total. The lowest BCUT2D eigenvalue weighted by atomic mass is 9.76. The predicted molar refractivity (Wildman–Crippen MR) is 71.5 cm³/mol. The van der Waals surface area contributed by atoms with Gasteiger partial charge in [0.15, 0.2) is 5.82 Å². The number of nitrogens with one attached hydrogen (secondary N) is 1. The van der Waals surface area contributed by atoms with E-state index in [-0.39, 0.29) is 5.41 Å². The van der Waals surface area contributed by atoms with Crippen LogP contribution in [0.15, 0.2) is 4.52 Å². The lowest BCUT2D eigenvalue weighted by Gasteiger charge is -2.28. The molecule has 0 saturated carbocycles. The van der Waals surface area contributed by atoms with Crippen LogP contribution in [0.25, 0.3) is 0 Å². The van der Waals surface area contributed by atoms with E-state index >= 15 is 0 Å². The highest BCUT2D eigenvalue weighted by molar-refractivity contribution is 5.11. The van der Waals surface area contributed by atoms with Crippen molar-refractivity contribution in [1.82, 2.24) is 15.5 Å². The predicted octanol–water partition coefficient (Wildman–Crippen LogP) is 2.55. The van der Waals surface area contributed by atoms with Crippen LogP contribution in [-0.2, 0) is 11.8 Å². The number of aromatic nitrogens is 2. The molecule has 18 heavy (non-hydrogen) atoms. The van der Waals surface area contributed by atoms with Crippen LogP contribution in [0.5, 0.6) is 0 Å². The summed E-state index contributed by atoms with van der Waals surface area (Å²) in [6.07, 6.45) is 3.13. The summed E-state index contributed by atoms with van der Waals surface area (Å²) in [5.41, 5.74) is 0.0447. The first-order chi connectivity index (χ1) is 8.54. The molecule has 0 radical (unpaired) electrons. The van der Waals surface area contributed by atoms with Gasteiger partial charge in [0.1, 0.15) is 0 Å². The van der Waals surface area contributed by atoms with Crippen molar-refractivity contribution in [1.29, 1.82) is 0 Å². The van der Waals surface area contributed by atoms with Crippen LogP contribution < -0.4 is 5.32 Å². The summed E-state index contributed by atoms with van der Waals surface area (Å²) in [5, 5.41) is 7.57. The average Bonchev–Trinajstić information content (AvgIpc) is 2.96. The Kier molecular flexibility index (Phi) is 4.05. The Morgan fingerprint density at radius 1 is 1.33 bits per heavy atom. The Bertz CT molecular complexity index is 378. The van der Waals surface area contributed by atoms with E-state index in [1.807, 2.05) is 0 Å². The first-order valence-electron chi connectivity index (χ1n) is 7.08.